The Hall–Kier alpha value is -1.10. The summed E-state index contributed by atoms with van der Waals surface area (Å²) in [6.07, 6.45) is 1.01. The minimum absolute atomic E-state index is 0.104. The number of amidine groups is 1. The quantitative estimate of drug-likeness (QED) is 0.818. The number of aliphatic imine (C=N–C) groups is 1. The van der Waals surface area contributed by atoms with Crippen molar-refractivity contribution >= 4 is 22.6 Å². The van der Waals surface area contributed by atoms with Gasteiger partial charge in [-0.05, 0) is 25.0 Å². The van der Waals surface area contributed by atoms with Crippen molar-refractivity contribution in [1.29, 1.82) is 0 Å². The molecule has 1 aliphatic rings. The fraction of sp³-hybridized carbons (Fsp3) is 0.364. The van der Waals surface area contributed by atoms with Gasteiger partial charge in [-0.2, -0.15) is 0 Å². The smallest absolute Gasteiger partial charge is 0.161 e. The van der Waals surface area contributed by atoms with E-state index in [9.17, 15) is 8.78 Å². The summed E-state index contributed by atoms with van der Waals surface area (Å²) in [5, 5.41) is 3.31. The van der Waals surface area contributed by atoms with Gasteiger partial charge in [-0.25, -0.2) is 8.78 Å². The van der Waals surface area contributed by atoms with Gasteiger partial charge in [0.2, 0.25) is 0 Å². The first-order valence-electron chi connectivity index (χ1n) is 5.07. The van der Waals surface area contributed by atoms with Crippen LogP contribution in [0.15, 0.2) is 17.1 Å². The highest BCUT2D eigenvalue weighted by atomic mass is 32.2. The van der Waals surface area contributed by atoms with Gasteiger partial charge in [-0.1, -0.05) is 17.8 Å². The normalized spacial score (nSPS) is 15.8. The van der Waals surface area contributed by atoms with Crippen molar-refractivity contribution in [2.24, 2.45) is 4.99 Å². The summed E-state index contributed by atoms with van der Waals surface area (Å²) in [4.78, 5) is 4.17. The second kappa shape index (κ2) is 4.82. The van der Waals surface area contributed by atoms with E-state index in [1.807, 2.05) is 0 Å². The Bertz CT molecular complexity index is 432. The van der Waals surface area contributed by atoms with Gasteiger partial charge in [0.05, 0.1) is 0 Å². The third-order valence-corrected chi connectivity index (χ3v) is 3.31. The lowest BCUT2D eigenvalue weighted by atomic mass is 10.2. The zero-order chi connectivity index (χ0) is 11.5. The standard InChI is InChI=1S/C11H12F2N2S/c1-7-3-4-8(12)10(9(7)13)15-11-14-5-2-6-16-11/h3-4H,2,5-6H2,1H3,(H,14,15). The van der Waals surface area contributed by atoms with E-state index in [4.69, 9.17) is 0 Å². The fourth-order valence-electron chi connectivity index (χ4n) is 1.41. The van der Waals surface area contributed by atoms with E-state index < -0.39 is 11.6 Å². The van der Waals surface area contributed by atoms with Crippen LogP contribution in [0, 0.1) is 18.6 Å². The van der Waals surface area contributed by atoms with Gasteiger partial charge in [0, 0.05) is 12.3 Å². The first-order valence-corrected chi connectivity index (χ1v) is 6.06. The van der Waals surface area contributed by atoms with Crippen molar-refractivity contribution in [3.63, 3.8) is 0 Å². The molecule has 0 aliphatic carbocycles. The molecule has 1 aliphatic heterocycles. The van der Waals surface area contributed by atoms with Gasteiger partial charge in [0.25, 0.3) is 0 Å². The molecular weight excluding hydrogens is 230 g/mol. The van der Waals surface area contributed by atoms with Crippen LogP contribution in [-0.2, 0) is 0 Å². The zero-order valence-corrected chi connectivity index (χ0v) is 9.70. The van der Waals surface area contributed by atoms with Crippen LogP contribution in [0.4, 0.5) is 14.5 Å². The maximum absolute atomic E-state index is 13.7. The van der Waals surface area contributed by atoms with Crippen LogP contribution < -0.4 is 5.32 Å². The Morgan fingerprint density at radius 1 is 1.38 bits per heavy atom. The van der Waals surface area contributed by atoms with Crippen molar-refractivity contribution in [2.45, 2.75) is 13.3 Å². The molecule has 0 aromatic heterocycles. The summed E-state index contributed by atoms with van der Waals surface area (Å²) in [6, 6.07) is 2.68. The highest BCUT2D eigenvalue weighted by Gasteiger charge is 2.14. The molecule has 1 aromatic rings. The van der Waals surface area contributed by atoms with E-state index in [-0.39, 0.29) is 5.69 Å². The first-order chi connectivity index (χ1) is 7.68. The number of nitrogens with zero attached hydrogens (tertiary/aromatic N) is 1. The lowest BCUT2D eigenvalue weighted by Gasteiger charge is -2.14. The second-order valence-electron chi connectivity index (χ2n) is 3.57. The average molecular weight is 242 g/mol. The molecule has 0 fully saturated rings. The molecule has 0 atom stereocenters. The molecule has 16 heavy (non-hydrogen) atoms. The molecular formula is C11H12F2N2S. The number of hydrogen-bond donors (Lipinski definition) is 1. The summed E-state index contributed by atoms with van der Waals surface area (Å²) in [5.41, 5.74) is 0.318. The highest BCUT2D eigenvalue weighted by Crippen LogP contribution is 2.24. The lowest BCUT2D eigenvalue weighted by Crippen LogP contribution is -2.15. The molecule has 0 saturated carbocycles. The minimum Gasteiger partial charge on any atom is -0.330 e. The van der Waals surface area contributed by atoms with Crippen molar-refractivity contribution in [3.05, 3.63) is 29.3 Å². The molecule has 1 N–H and O–H groups in total. The number of rotatable bonds is 1. The van der Waals surface area contributed by atoms with Crippen LogP contribution in [0.5, 0.6) is 0 Å². The minimum atomic E-state index is -0.586. The Kier molecular flexibility index (Phi) is 3.43. The summed E-state index contributed by atoms with van der Waals surface area (Å²) in [7, 11) is 0. The zero-order valence-electron chi connectivity index (χ0n) is 8.89. The Balaban J connectivity index is 2.26. The van der Waals surface area contributed by atoms with E-state index in [2.05, 4.69) is 10.3 Å². The largest absolute Gasteiger partial charge is 0.330 e. The van der Waals surface area contributed by atoms with Crippen LogP contribution in [0.2, 0.25) is 0 Å². The van der Waals surface area contributed by atoms with Gasteiger partial charge in [-0.3, -0.25) is 4.99 Å². The molecule has 0 unspecified atom stereocenters. The molecule has 0 amide bonds. The van der Waals surface area contributed by atoms with E-state index in [1.165, 1.54) is 23.9 Å². The second-order valence-corrected chi connectivity index (χ2v) is 4.65. The molecule has 0 spiro atoms. The molecule has 2 nitrogen and oxygen atoms in total. The van der Waals surface area contributed by atoms with E-state index in [0.29, 0.717) is 17.3 Å². The van der Waals surface area contributed by atoms with E-state index >= 15 is 0 Å². The van der Waals surface area contributed by atoms with Crippen molar-refractivity contribution < 1.29 is 8.78 Å². The van der Waals surface area contributed by atoms with Crippen LogP contribution in [0.3, 0.4) is 0 Å². The van der Waals surface area contributed by atoms with Crippen LogP contribution in [-0.4, -0.2) is 17.5 Å². The fourth-order valence-corrected chi connectivity index (χ4v) is 2.24. The number of aryl methyl sites for hydroxylation is 1. The summed E-state index contributed by atoms with van der Waals surface area (Å²) < 4.78 is 27.1. The molecule has 86 valence electrons. The Morgan fingerprint density at radius 3 is 2.88 bits per heavy atom. The van der Waals surface area contributed by atoms with E-state index in [0.717, 1.165) is 12.2 Å². The van der Waals surface area contributed by atoms with Crippen molar-refractivity contribution in [1.82, 2.24) is 0 Å². The number of benzene rings is 1. The Labute approximate surface area is 97.1 Å². The Morgan fingerprint density at radius 2 is 2.19 bits per heavy atom. The van der Waals surface area contributed by atoms with Crippen LogP contribution in [0.25, 0.3) is 0 Å². The molecule has 0 saturated heterocycles. The molecule has 1 aromatic carbocycles. The topological polar surface area (TPSA) is 24.4 Å². The maximum atomic E-state index is 13.7. The van der Waals surface area contributed by atoms with Crippen LogP contribution in [0.1, 0.15) is 12.0 Å². The van der Waals surface area contributed by atoms with Gasteiger partial charge in [0.15, 0.2) is 11.0 Å². The molecule has 0 bridgehead atoms. The number of anilines is 1. The third kappa shape index (κ3) is 2.35. The summed E-state index contributed by atoms with van der Waals surface area (Å²) in [5.74, 6) is -0.202. The number of hydrogen-bond acceptors (Lipinski definition) is 3. The molecule has 1 heterocycles. The first kappa shape index (κ1) is 11.4. The third-order valence-electron chi connectivity index (χ3n) is 2.31. The van der Waals surface area contributed by atoms with E-state index in [1.54, 1.807) is 6.92 Å². The van der Waals surface area contributed by atoms with Gasteiger partial charge >= 0.3 is 0 Å². The number of nitrogens with one attached hydrogen (secondary N) is 1. The predicted octanol–water partition coefficient (Wildman–Crippen LogP) is 3.18. The monoisotopic (exact) mass is 242 g/mol. The van der Waals surface area contributed by atoms with Gasteiger partial charge in [0.1, 0.15) is 11.5 Å². The predicted molar refractivity (Wildman–Crippen MR) is 64.1 cm³/mol. The molecule has 0 radical (unpaired) electrons. The van der Waals surface area contributed by atoms with Crippen molar-refractivity contribution in [2.75, 3.05) is 17.6 Å². The van der Waals surface area contributed by atoms with Gasteiger partial charge < -0.3 is 5.32 Å². The molecule has 2 rings (SSSR count). The van der Waals surface area contributed by atoms with Gasteiger partial charge in [-0.15, -0.1) is 0 Å². The maximum Gasteiger partial charge on any atom is 0.161 e. The molecule has 5 heteroatoms. The lowest BCUT2D eigenvalue weighted by molar-refractivity contribution is 0.585. The average Bonchev–Trinajstić information content (AvgIpc) is 2.31. The highest BCUT2D eigenvalue weighted by molar-refractivity contribution is 8.14. The summed E-state index contributed by atoms with van der Waals surface area (Å²) in [6.45, 7) is 2.32. The SMILES string of the molecule is Cc1ccc(F)c(NC2=NCCCS2)c1F. The number of thioether (sulfide) groups is 1. The van der Waals surface area contributed by atoms with Crippen LogP contribution >= 0.6 is 11.8 Å². The van der Waals surface area contributed by atoms with Crippen molar-refractivity contribution in [3.8, 4) is 0 Å². The summed E-state index contributed by atoms with van der Waals surface area (Å²) >= 11 is 1.49. The number of halogens is 2.